The number of aliphatic carboxylic acids is 1. The average Bonchev–Trinajstić information content (AvgIpc) is 2.79. The minimum absolute atomic E-state index is 0. The molecular formula is C28H39IN3O2Zn-. The number of halogens is 1. The van der Waals surface area contributed by atoms with E-state index in [-0.39, 0.29) is 58.8 Å². The van der Waals surface area contributed by atoms with E-state index in [1.54, 1.807) is 0 Å². The summed E-state index contributed by atoms with van der Waals surface area (Å²) in [7, 11) is 0. The van der Waals surface area contributed by atoms with Gasteiger partial charge in [0.25, 0.3) is 5.97 Å². The molecule has 2 aromatic rings. The van der Waals surface area contributed by atoms with Crippen molar-refractivity contribution in [3.8, 4) is 0 Å². The summed E-state index contributed by atoms with van der Waals surface area (Å²) < 4.78 is 2.67. The first-order valence-corrected chi connectivity index (χ1v) is 14.6. The number of nitrogens with zero attached hydrogens (tertiary/aromatic N) is 3. The first-order valence-electron chi connectivity index (χ1n) is 12.0. The Kier molecular flexibility index (Phi) is 16.9. The van der Waals surface area contributed by atoms with Gasteiger partial charge in [-0.3, -0.25) is 4.79 Å². The number of carbonyl (C=O) groups is 1. The maximum atomic E-state index is 9.00. The second kappa shape index (κ2) is 17.7. The monoisotopic (exact) mass is 640 g/mol. The van der Waals surface area contributed by atoms with Crippen LogP contribution in [0.2, 0.25) is 0 Å². The van der Waals surface area contributed by atoms with Crippen LogP contribution in [0, 0.1) is 17.1 Å². The molecule has 0 bridgehead atoms. The topological polar surface area (TPSA) is 69.9 Å². The van der Waals surface area contributed by atoms with E-state index in [2.05, 4.69) is 82.8 Å². The van der Waals surface area contributed by atoms with Crippen molar-refractivity contribution in [3.05, 3.63) is 78.7 Å². The molecule has 3 unspecified atom stereocenters. The first kappa shape index (κ1) is 33.4. The summed E-state index contributed by atoms with van der Waals surface area (Å²) in [6.45, 7) is 21.8. The predicted octanol–water partition coefficient (Wildman–Crippen LogP) is 4.65. The van der Waals surface area contributed by atoms with E-state index >= 15 is 0 Å². The Morgan fingerprint density at radius 3 is 1.94 bits per heavy atom. The molecule has 0 saturated carbocycles. The van der Waals surface area contributed by atoms with Crippen molar-refractivity contribution < 1.29 is 50.6 Å². The van der Waals surface area contributed by atoms with Gasteiger partial charge in [-0.2, -0.15) is 0 Å². The molecule has 188 valence electrons. The van der Waals surface area contributed by atoms with Crippen molar-refractivity contribution in [2.75, 3.05) is 4.43 Å². The number of hydrogen-bond acceptors (Lipinski definition) is 1. The van der Waals surface area contributed by atoms with E-state index in [0.717, 1.165) is 31.1 Å². The number of rotatable bonds is 11. The number of benzene rings is 2. The number of carboxylic acid groups (broad SMARTS) is 1. The van der Waals surface area contributed by atoms with E-state index in [9.17, 15) is 0 Å². The molecule has 0 aliphatic heterocycles. The molecule has 0 aliphatic carbocycles. The van der Waals surface area contributed by atoms with Crippen molar-refractivity contribution in [1.82, 2.24) is 0 Å². The Morgan fingerprint density at radius 2 is 1.49 bits per heavy atom. The Morgan fingerprint density at radius 1 is 1.00 bits per heavy atom. The van der Waals surface area contributed by atoms with Gasteiger partial charge >= 0.3 is 214 Å². The van der Waals surface area contributed by atoms with Crippen LogP contribution in [-0.2, 0) is 37.1 Å². The molecule has 2 aromatic carbocycles. The largest absolute Gasteiger partial charge is 2.00 e. The third-order valence-electron chi connectivity index (χ3n) is 5.38. The summed E-state index contributed by atoms with van der Waals surface area (Å²) >= 11 is -0.0327. The van der Waals surface area contributed by atoms with Gasteiger partial charge in [0.15, 0.2) is 0 Å². The van der Waals surface area contributed by atoms with E-state index < -0.39 is 5.97 Å². The van der Waals surface area contributed by atoms with Gasteiger partial charge in [0.2, 0.25) is 0 Å². The minimum Gasteiger partial charge on any atom is 2.00 e. The van der Waals surface area contributed by atoms with Crippen molar-refractivity contribution in [2.45, 2.75) is 85.9 Å². The summed E-state index contributed by atoms with van der Waals surface area (Å²) in [5.41, 5.74) is 5.95. The van der Waals surface area contributed by atoms with Crippen LogP contribution in [0.4, 0.5) is 11.4 Å². The third-order valence-corrected chi connectivity index (χ3v) is 8.69. The molecule has 35 heavy (non-hydrogen) atoms. The number of aryl methyl sites for hydroxylation is 3. The van der Waals surface area contributed by atoms with Gasteiger partial charge in [-0.15, -0.1) is 0 Å². The molecule has 0 fully saturated rings. The summed E-state index contributed by atoms with van der Waals surface area (Å²) in [5.74, 6) is -0.833. The van der Waals surface area contributed by atoms with Gasteiger partial charge in [0.1, 0.15) is 0 Å². The standard InChI is InChI=1S/C26H35IN3.C2H4O2.Zn/c1-8-17-27-23-16-11-13-18(4)24(23)29-19(5)25(28-7)20(6)30-26-21(9-2)14-12-15-22(26)10-3;1-2(3)4;/h11-16,19-20,25H,8-10,17H2,1-6H3;1H3,(H,3,4);/q-3;;+2. The number of alkyl halides is 1. The van der Waals surface area contributed by atoms with Crippen LogP contribution in [0.5, 0.6) is 0 Å². The summed E-state index contributed by atoms with van der Waals surface area (Å²) in [6.07, 6.45) is 3.12. The molecule has 0 aliphatic rings. The second-order valence-corrected chi connectivity index (χ2v) is 11.2. The molecule has 2 rings (SSSR count). The van der Waals surface area contributed by atoms with E-state index in [1.807, 2.05) is 0 Å². The molecule has 0 saturated heterocycles. The van der Waals surface area contributed by atoms with Crippen LogP contribution < -0.4 is 21.2 Å². The summed E-state index contributed by atoms with van der Waals surface area (Å²) in [6, 6.07) is 12.5. The van der Waals surface area contributed by atoms with Gasteiger partial charge in [0, 0.05) is 6.92 Å². The third kappa shape index (κ3) is 10.9. The summed E-state index contributed by atoms with van der Waals surface area (Å²) in [4.78, 5) is 13.0. The number of carboxylic acids is 1. The average molecular weight is 642 g/mol. The van der Waals surface area contributed by atoms with Gasteiger partial charge in [-0.05, 0) is 0 Å². The van der Waals surface area contributed by atoms with Crippen LogP contribution >= 0.6 is 0 Å². The normalized spacial score (nSPS) is 12.7. The van der Waals surface area contributed by atoms with Gasteiger partial charge in [-0.25, -0.2) is 0 Å². The van der Waals surface area contributed by atoms with Gasteiger partial charge in [-0.1, -0.05) is 0 Å². The number of hydrogen-bond donors (Lipinski definition) is 1. The molecule has 3 atom stereocenters. The van der Waals surface area contributed by atoms with Crippen molar-refractivity contribution in [2.24, 2.45) is 0 Å². The zero-order valence-electron chi connectivity index (χ0n) is 22.3. The molecule has 7 heteroatoms. The van der Waals surface area contributed by atoms with Crippen LogP contribution in [-0.4, -0.2) is 33.6 Å². The van der Waals surface area contributed by atoms with Crippen LogP contribution in [0.15, 0.2) is 36.4 Å². The minimum atomic E-state index is -0.833. The Labute approximate surface area is 235 Å². The van der Waals surface area contributed by atoms with Crippen molar-refractivity contribution in [3.63, 3.8) is 0 Å². The molecule has 1 N–H and O–H groups in total. The molecule has 5 nitrogen and oxygen atoms in total. The Bertz CT molecular complexity index is 935. The molecule has 0 spiro atoms. The van der Waals surface area contributed by atoms with E-state index in [1.165, 1.54) is 31.1 Å². The molecule has 0 radical (unpaired) electrons. The van der Waals surface area contributed by atoms with Crippen LogP contribution in [0.3, 0.4) is 0 Å². The fraction of sp³-hybridized carbons (Fsp3) is 0.500. The van der Waals surface area contributed by atoms with Crippen LogP contribution in [0.25, 0.3) is 15.5 Å². The van der Waals surface area contributed by atoms with Crippen molar-refractivity contribution >= 4 is 17.3 Å². The van der Waals surface area contributed by atoms with E-state index in [4.69, 9.17) is 27.1 Å². The van der Waals surface area contributed by atoms with Crippen molar-refractivity contribution in [1.29, 1.82) is 0 Å². The second-order valence-electron chi connectivity index (χ2n) is 8.24. The molecule has 0 heterocycles. The van der Waals surface area contributed by atoms with Gasteiger partial charge in [0.05, 0.1) is 0 Å². The Balaban J connectivity index is 0.00000214. The predicted molar refractivity (Wildman–Crippen MR) is 139 cm³/mol. The maximum absolute atomic E-state index is 9.00. The van der Waals surface area contributed by atoms with Crippen LogP contribution in [0.1, 0.15) is 64.7 Å². The molecular weight excluding hydrogens is 603 g/mol. The van der Waals surface area contributed by atoms with Gasteiger partial charge < -0.3 is 5.11 Å². The summed E-state index contributed by atoms with van der Waals surface area (Å²) in [5, 5.41) is 17.6. The first-order chi connectivity index (χ1) is 16.2. The quantitative estimate of drug-likeness (QED) is 0.168. The SMILES string of the molecule is CC(=O)O.[C-]#[N+]C(C(C)[N-]c1c(CC)cccc1CC)C(C)[N-]c1c(C)cccc1[I-]CCC.[Zn+2]. The number of para-hydroxylation sites is 2. The fourth-order valence-corrected chi connectivity index (χ4v) is 6.16. The fourth-order valence-electron chi connectivity index (χ4n) is 3.65. The van der Waals surface area contributed by atoms with E-state index in [0.29, 0.717) is 0 Å². The Hall–Kier alpha value is -1.65. The smallest absolute Gasteiger partial charge is 2.00 e. The zero-order chi connectivity index (χ0) is 25.7. The maximum Gasteiger partial charge on any atom is 2.00 e. The molecule has 0 amide bonds. The molecule has 0 aromatic heterocycles. The zero-order valence-corrected chi connectivity index (χ0v) is 27.4.